The van der Waals surface area contributed by atoms with Crippen molar-refractivity contribution in [2.45, 2.75) is 20.3 Å². The molecule has 0 saturated heterocycles. The highest BCUT2D eigenvalue weighted by molar-refractivity contribution is 5.23. The average molecular weight is 208 g/mol. The van der Waals surface area contributed by atoms with Crippen molar-refractivity contribution in [1.82, 2.24) is 9.97 Å². The summed E-state index contributed by atoms with van der Waals surface area (Å²) in [7, 11) is 0. The van der Waals surface area contributed by atoms with Crippen LogP contribution in [0, 0.1) is 25.7 Å². The molecule has 2 atom stereocenters. The van der Waals surface area contributed by atoms with Crippen LogP contribution >= 0.6 is 0 Å². The molecular weight excluding hydrogens is 192 g/mol. The Kier molecular flexibility index (Phi) is 2.86. The molecule has 0 amide bonds. The Labute approximate surface area is 89.3 Å². The molecule has 0 bridgehead atoms. The van der Waals surface area contributed by atoms with Gasteiger partial charge < -0.3 is 9.84 Å². The van der Waals surface area contributed by atoms with Gasteiger partial charge >= 0.3 is 0 Å². The predicted molar refractivity (Wildman–Crippen MR) is 55.7 cm³/mol. The molecule has 1 aromatic rings. The van der Waals surface area contributed by atoms with E-state index in [2.05, 4.69) is 9.97 Å². The lowest BCUT2D eigenvalue weighted by Crippen LogP contribution is -2.05. The Bertz CT molecular complexity index is 354. The molecule has 4 heteroatoms. The molecule has 0 aliphatic heterocycles. The van der Waals surface area contributed by atoms with Crippen LogP contribution < -0.4 is 4.74 Å². The summed E-state index contributed by atoms with van der Waals surface area (Å²) in [4.78, 5) is 8.32. The van der Waals surface area contributed by atoms with Gasteiger partial charge in [-0.05, 0) is 32.1 Å². The normalized spacial score (nSPS) is 23.9. The van der Waals surface area contributed by atoms with Crippen LogP contribution in [-0.2, 0) is 0 Å². The molecule has 1 N–H and O–H groups in total. The summed E-state index contributed by atoms with van der Waals surface area (Å²) in [5.41, 5.74) is 0.878. The van der Waals surface area contributed by atoms with Crippen LogP contribution in [0.4, 0.5) is 0 Å². The summed E-state index contributed by atoms with van der Waals surface area (Å²) in [6.45, 7) is 4.72. The zero-order valence-electron chi connectivity index (χ0n) is 9.10. The molecule has 4 nitrogen and oxygen atoms in total. The van der Waals surface area contributed by atoms with E-state index in [0.29, 0.717) is 18.4 Å². The van der Waals surface area contributed by atoms with Crippen LogP contribution in [-0.4, -0.2) is 28.3 Å². The van der Waals surface area contributed by atoms with E-state index in [0.717, 1.165) is 23.7 Å². The second-order valence-corrected chi connectivity index (χ2v) is 4.12. The Morgan fingerprint density at radius 1 is 1.47 bits per heavy atom. The lowest BCUT2D eigenvalue weighted by atomic mass is 10.3. The maximum atomic E-state index is 8.88. The second kappa shape index (κ2) is 4.14. The first kappa shape index (κ1) is 10.4. The Balaban J connectivity index is 1.88. The van der Waals surface area contributed by atoms with Crippen LogP contribution in [0.25, 0.3) is 0 Å². The van der Waals surface area contributed by atoms with Gasteiger partial charge in [-0.3, -0.25) is 0 Å². The van der Waals surface area contributed by atoms with Gasteiger partial charge in [0.1, 0.15) is 5.82 Å². The maximum Gasteiger partial charge on any atom is 0.158 e. The molecule has 1 aliphatic rings. The summed E-state index contributed by atoms with van der Waals surface area (Å²) in [5, 5.41) is 8.88. The van der Waals surface area contributed by atoms with Gasteiger partial charge in [-0.25, -0.2) is 9.97 Å². The number of aliphatic hydroxyl groups excluding tert-OH is 1. The third-order valence-electron chi connectivity index (χ3n) is 2.81. The molecule has 0 aromatic carbocycles. The summed E-state index contributed by atoms with van der Waals surface area (Å²) in [6, 6.07) is 0. The first-order valence-corrected chi connectivity index (χ1v) is 5.24. The van der Waals surface area contributed by atoms with Crippen molar-refractivity contribution in [3.63, 3.8) is 0 Å². The van der Waals surface area contributed by atoms with Crippen molar-refractivity contribution in [2.24, 2.45) is 11.8 Å². The largest absolute Gasteiger partial charge is 0.490 e. The third kappa shape index (κ3) is 2.45. The summed E-state index contributed by atoms with van der Waals surface area (Å²) in [6.07, 6.45) is 2.79. The molecule has 0 unspecified atom stereocenters. The maximum absolute atomic E-state index is 8.88. The topological polar surface area (TPSA) is 55.2 Å². The van der Waals surface area contributed by atoms with E-state index >= 15 is 0 Å². The van der Waals surface area contributed by atoms with E-state index in [1.54, 1.807) is 6.20 Å². The van der Waals surface area contributed by atoms with E-state index in [1.165, 1.54) is 0 Å². The summed E-state index contributed by atoms with van der Waals surface area (Å²) >= 11 is 0. The summed E-state index contributed by atoms with van der Waals surface area (Å²) in [5.74, 6) is 2.47. The molecule has 0 radical (unpaired) electrons. The van der Waals surface area contributed by atoms with Crippen molar-refractivity contribution in [3.8, 4) is 5.75 Å². The fraction of sp³-hybridized carbons (Fsp3) is 0.636. The van der Waals surface area contributed by atoms with E-state index in [1.807, 2.05) is 13.8 Å². The van der Waals surface area contributed by atoms with Crippen molar-refractivity contribution in [2.75, 3.05) is 13.2 Å². The lowest BCUT2D eigenvalue weighted by molar-refractivity contribution is 0.241. The van der Waals surface area contributed by atoms with E-state index < -0.39 is 0 Å². The molecule has 82 valence electrons. The Morgan fingerprint density at radius 3 is 2.87 bits per heavy atom. The SMILES string of the molecule is Cc1ncc(OC[C@H]2C[C@H]2CO)c(C)n1. The lowest BCUT2D eigenvalue weighted by Gasteiger charge is -2.07. The zero-order valence-corrected chi connectivity index (χ0v) is 9.10. The van der Waals surface area contributed by atoms with Gasteiger partial charge in [0.05, 0.1) is 18.5 Å². The minimum absolute atomic E-state index is 0.275. The minimum atomic E-state index is 0.275. The molecule has 1 aromatic heterocycles. The van der Waals surface area contributed by atoms with Crippen LogP contribution in [0.15, 0.2) is 6.20 Å². The highest BCUT2D eigenvalue weighted by Crippen LogP contribution is 2.38. The fourth-order valence-electron chi connectivity index (χ4n) is 1.65. The van der Waals surface area contributed by atoms with E-state index in [-0.39, 0.29) is 6.61 Å². The molecule has 1 saturated carbocycles. The number of hydrogen-bond donors (Lipinski definition) is 1. The number of aromatic nitrogens is 2. The number of aryl methyl sites for hydroxylation is 2. The van der Waals surface area contributed by atoms with Crippen molar-refractivity contribution < 1.29 is 9.84 Å². The average Bonchev–Trinajstić information content (AvgIpc) is 2.95. The van der Waals surface area contributed by atoms with Gasteiger partial charge in [0.25, 0.3) is 0 Å². The molecular formula is C11H16N2O2. The molecule has 0 spiro atoms. The zero-order chi connectivity index (χ0) is 10.8. The van der Waals surface area contributed by atoms with E-state index in [9.17, 15) is 0 Å². The number of aliphatic hydroxyl groups is 1. The fourth-order valence-corrected chi connectivity index (χ4v) is 1.65. The predicted octanol–water partition coefficient (Wildman–Crippen LogP) is 1.10. The number of hydrogen-bond acceptors (Lipinski definition) is 4. The number of ether oxygens (including phenoxy) is 1. The van der Waals surface area contributed by atoms with Crippen LogP contribution in [0.1, 0.15) is 17.9 Å². The molecule has 2 rings (SSSR count). The molecule has 1 fully saturated rings. The van der Waals surface area contributed by atoms with Crippen LogP contribution in [0.2, 0.25) is 0 Å². The minimum Gasteiger partial charge on any atom is -0.490 e. The standard InChI is InChI=1S/C11H16N2O2/c1-7-11(4-12-8(2)13-7)15-6-10-3-9(10)5-14/h4,9-10,14H,3,5-6H2,1-2H3/t9-,10+/m0/s1. The van der Waals surface area contributed by atoms with Gasteiger partial charge in [-0.2, -0.15) is 0 Å². The third-order valence-corrected chi connectivity index (χ3v) is 2.81. The van der Waals surface area contributed by atoms with Crippen LogP contribution in [0.5, 0.6) is 5.75 Å². The van der Waals surface area contributed by atoms with Gasteiger partial charge in [-0.1, -0.05) is 0 Å². The second-order valence-electron chi connectivity index (χ2n) is 4.12. The van der Waals surface area contributed by atoms with Gasteiger partial charge in [-0.15, -0.1) is 0 Å². The van der Waals surface area contributed by atoms with Crippen molar-refractivity contribution in [3.05, 3.63) is 17.7 Å². The first-order valence-electron chi connectivity index (χ1n) is 5.24. The van der Waals surface area contributed by atoms with Crippen molar-refractivity contribution in [1.29, 1.82) is 0 Å². The Morgan fingerprint density at radius 2 is 2.27 bits per heavy atom. The molecule has 1 heterocycles. The highest BCUT2D eigenvalue weighted by atomic mass is 16.5. The van der Waals surface area contributed by atoms with Gasteiger partial charge in [0.2, 0.25) is 0 Å². The first-order chi connectivity index (χ1) is 7.20. The van der Waals surface area contributed by atoms with E-state index in [4.69, 9.17) is 9.84 Å². The quantitative estimate of drug-likeness (QED) is 0.805. The number of nitrogens with zero attached hydrogens (tertiary/aromatic N) is 2. The number of rotatable bonds is 4. The van der Waals surface area contributed by atoms with Crippen molar-refractivity contribution >= 4 is 0 Å². The highest BCUT2D eigenvalue weighted by Gasteiger charge is 2.36. The van der Waals surface area contributed by atoms with Gasteiger partial charge in [0.15, 0.2) is 5.75 Å². The molecule has 1 aliphatic carbocycles. The Hall–Kier alpha value is -1.16. The van der Waals surface area contributed by atoms with Gasteiger partial charge in [0, 0.05) is 6.61 Å². The van der Waals surface area contributed by atoms with Crippen LogP contribution in [0.3, 0.4) is 0 Å². The monoisotopic (exact) mass is 208 g/mol. The summed E-state index contributed by atoms with van der Waals surface area (Å²) < 4.78 is 5.61. The smallest absolute Gasteiger partial charge is 0.158 e. The molecule has 15 heavy (non-hydrogen) atoms.